The lowest BCUT2D eigenvalue weighted by Gasteiger charge is -2.13. The van der Waals surface area contributed by atoms with Gasteiger partial charge in [-0.3, -0.25) is 4.79 Å². The van der Waals surface area contributed by atoms with E-state index < -0.39 is 18.0 Å². The first-order chi connectivity index (χ1) is 10.1. The molecule has 1 aromatic rings. The fourth-order valence-corrected chi connectivity index (χ4v) is 1.66. The Morgan fingerprint density at radius 3 is 2.33 bits per heavy atom. The fraction of sp³-hybridized carbons (Fsp3) is 0.267. The second kappa shape index (κ2) is 7.94. The summed E-state index contributed by atoms with van der Waals surface area (Å²) < 4.78 is 14.3. The highest BCUT2D eigenvalue weighted by molar-refractivity contribution is 6.21. The fourth-order valence-electron chi connectivity index (χ4n) is 1.66. The van der Waals surface area contributed by atoms with Crippen LogP contribution in [0.3, 0.4) is 0 Å². The lowest BCUT2D eigenvalue weighted by Crippen LogP contribution is -2.29. The molecule has 0 N–H and O–H groups in total. The largest absolute Gasteiger partial charge is 0.465 e. The van der Waals surface area contributed by atoms with E-state index in [4.69, 9.17) is 14.7 Å². The van der Waals surface area contributed by atoms with E-state index in [-0.39, 0.29) is 5.57 Å². The molecular weight excluding hydrogens is 274 g/mol. The first kappa shape index (κ1) is 16.6. The third-order valence-electron chi connectivity index (χ3n) is 2.69. The smallest absolute Gasteiger partial charge is 0.341 e. The maximum absolute atomic E-state index is 12.2. The van der Waals surface area contributed by atoms with Crippen molar-refractivity contribution >= 4 is 17.8 Å². The predicted molar refractivity (Wildman–Crippen MR) is 74.0 cm³/mol. The summed E-state index contributed by atoms with van der Waals surface area (Å²) in [6.07, 6.45) is 0.0715. The number of carbonyl (C=O) groups excluding carboxylic acids is 2. The number of esters is 1. The molecule has 0 radical (unpaired) electrons. The molecule has 0 unspecified atom stereocenters. The number of ether oxygens (including phenoxy) is 3. The Balaban J connectivity index is 3.32. The Morgan fingerprint density at radius 1 is 1.19 bits per heavy atom. The van der Waals surface area contributed by atoms with E-state index in [1.54, 1.807) is 24.3 Å². The molecule has 0 aliphatic carbocycles. The van der Waals surface area contributed by atoms with Gasteiger partial charge in [0.2, 0.25) is 12.1 Å². The van der Waals surface area contributed by atoms with Crippen LogP contribution in [0.4, 0.5) is 0 Å². The number of rotatable bonds is 6. The molecule has 0 aliphatic rings. The van der Waals surface area contributed by atoms with Crippen LogP contribution in [0.5, 0.6) is 0 Å². The first-order valence-electron chi connectivity index (χ1n) is 5.98. The molecule has 0 heterocycles. The highest BCUT2D eigenvalue weighted by Gasteiger charge is 2.27. The Kier molecular flexibility index (Phi) is 6.27. The van der Waals surface area contributed by atoms with Gasteiger partial charge in [0.15, 0.2) is 0 Å². The van der Waals surface area contributed by atoms with Gasteiger partial charge in [-0.25, -0.2) is 4.79 Å². The molecule has 0 amide bonds. The number of nitriles is 1. The molecule has 0 atom stereocenters. The highest BCUT2D eigenvalue weighted by atomic mass is 16.7. The van der Waals surface area contributed by atoms with E-state index in [9.17, 15) is 9.59 Å². The Labute approximate surface area is 122 Å². The number of carbonyl (C=O) groups is 2. The third-order valence-corrected chi connectivity index (χ3v) is 2.69. The summed E-state index contributed by atoms with van der Waals surface area (Å²) in [5, 5.41) is 9.04. The summed E-state index contributed by atoms with van der Waals surface area (Å²) in [7, 11) is 3.72. The number of benzene rings is 1. The zero-order valence-electron chi connectivity index (χ0n) is 12.0. The van der Waals surface area contributed by atoms with Gasteiger partial charge in [0, 0.05) is 14.2 Å². The van der Waals surface area contributed by atoms with E-state index in [1.807, 2.05) is 6.07 Å². The topological polar surface area (TPSA) is 85.6 Å². The predicted octanol–water partition coefficient (Wildman–Crippen LogP) is 1.30. The van der Waals surface area contributed by atoms with Crippen LogP contribution >= 0.6 is 0 Å². The van der Waals surface area contributed by atoms with Crippen molar-refractivity contribution in [1.82, 2.24) is 0 Å². The normalized spacial score (nSPS) is 11.1. The SMILES string of the molecule is COC(=O)C(=Cc1ccccc1C#N)C(=O)C(OC)OC. The number of ketones is 1. The average Bonchev–Trinajstić information content (AvgIpc) is 2.53. The molecule has 110 valence electrons. The van der Waals surface area contributed by atoms with Crippen molar-refractivity contribution in [2.45, 2.75) is 6.29 Å². The van der Waals surface area contributed by atoms with Crippen molar-refractivity contribution in [3.8, 4) is 6.07 Å². The first-order valence-corrected chi connectivity index (χ1v) is 5.98. The monoisotopic (exact) mass is 289 g/mol. The average molecular weight is 289 g/mol. The van der Waals surface area contributed by atoms with Crippen molar-refractivity contribution in [3.05, 3.63) is 41.0 Å². The summed E-state index contributed by atoms with van der Waals surface area (Å²) in [6.45, 7) is 0. The van der Waals surface area contributed by atoms with Crippen LogP contribution < -0.4 is 0 Å². The third kappa shape index (κ3) is 3.99. The standard InChI is InChI=1S/C15H15NO5/c1-19-14(18)12(13(17)15(20-2)21-3)8-10-6-4-5-7-11(10)9-16/h4-8,15H,1-3H3. The van der Waals surface area contributed by atoms with Crippen molar-refractivity contribution in [1.29, 1.82) is 5.26 Å². The summed E-state index contributed by atoms with van der Waals surface area (Å²) >= 11 is 0. The van der Waals surface area contributed by atoms with Crippen LogP contribution in [0, 0.1) is 11.3 Å². The molecule has 0 bridgehead atoms. The Bertz CT molecular complexity index is 596. The van der Waals surface area contributed by atoms with E-state index in [0.717, 1.165) is 7.11 Å². The van der Waals surface area contributed by atoms with Crippen molar-refractivity contribution in [2.75, 3.05) is 21.3 Å². The molecule has 0 spiro atoms. The van der Waals surface area contributed by atoms with Crippen molar-refractivity contribution < 1.29 is 23.8 Å². The number of hydrogen-bond donors (Lipinski definition) is 0. The second-order valence-corrected chi connectivity index (χ2v) is 3.92. The number of Topliss-reactive ketones (excluding diaryl/α,β-unsaturated/α-hetero) is 1. The zero-order valence-corrected chi connectivity index (χ0v) is 12.0. The highest BCUT2D eigenvalue weighted by Crippen LogP contribution is 2.16. The van der Waals surface area contributed by atoms with Gasteiger partial charge in [-0.15, -0.1) is 0 Å². The summed E-state index contributed by atoms with van der Waals surface area (Å²) in [6, 6.07) is 8.55. The van der Waals surface area contributed by atoms with Crippen LogP contribution in [0.15, 0.2) is 29.8 Å². The molecule has 6 heteroatoms. The van der Waals surface area contributed by atoms with Crippen LogP contribution in [-0.4, -0.2) is 39.4 Å². The minimum absolute atomic E-state index is 0.256. The van der Waals surface area contributed by atoms with Crippen LogP contribution in [-0.2, 0) is 23.8 Å². The van der Waals surface area contributed by atoms with E-state index >= 15 is 0 Å². The van der Waals surface area contributed by atoms with Crippen LogP contribution in [0.1, 0.15) is 11.1 Å². The number of hydrogen-bond acceptors (Lipinski definition) is 6. The van der Waals surface area contributed by atoms with E-state index in [0.29, 0.717) is 11.1 Å². The quantitative estimate of drug-likeness (QED) is 0.258. The van der Waals surface area contributed by atoms with Crippen LogP contribution in [0.2, 0.25) is 0 Å². The molecule has 21 heavy (non-hydrogen) atoms. The van der Waals surface area contributed by atoms with E-state index in [1.165, 1.54) is 20.3 Å². The lowest BCUT2D eigenvalue weighted by atomic mass is 10.0. The summed E-state index contributed by atoms with van der Waals surface area (Å²) in [5.41, 5.74) is 0.506. The van der Waals surface area contributed by atoms with E-state index in [2.05, 4.69) is 4.74 Å². The van der Waals surface area contributed by atoms with Crippen molar-refractivity contribution in [3.63, 3.8) is 0 Å². The van der Waals surface area contributed by atoms with Gasteiger partial charge in [0.25, 0.3) is 0 Å². The van der Waals surface area contributed by atoms with Gasteiger partial charge in [-0.05, 0) is 17.7 Å². The number of nitrogens with zero attached hydrogens (tertiary/aromatic N) is 1. The van der Waals surface area contributed by atoms with Crippen molar-refractivity contribution in [2.24, 2.45) is 0 Å². The Morgan fingerprint density at radius 2 is 1.81 bits per heavy atom. The van der Waals surface area contributed by atoms with Gasteiger partial charge in [0.05, 0.1) is 18.7 Å². The minimum Gasteiger partial charge on any atom is -0.465 e. The van der Waals surface area contributed by atoms with Gasteiger partial charge in [0.1, 0.15) is 5.57 Å². The maximum atomic E-state index is 12.2. The molecule has 0 aliphatic heterocycles. The van der Waals surface area contributed by atoms with Gasteiger partial charge >= 0.3 is 5.97 Å². The molecule has 6 nitrogen and oxygen atoms in total. The minimum atomic E-state index is -1.22. The zero-order chi connectivity index (χ0) is 15.8. The lowest BCUT2D eigenvalue weighted by molar-refractivity contribution is -0.155. The Hall–Kier alpha value is -2.49. The molecule has 0 fully saturated rings. The van der Waals surface area contributed by atoms with Crippen LogP contribution in [0.25, 0.3) is 6.08 Å². The summed E-state index contributed by atoms with van der Waals surface area (Å²) in [4.78, 5) is 24.0. The molecular formula is C15H15NO5. The molecule has 1 rings (SSSR count). The molecule has 1 aromatic carbocycles. The number of methoxy groups -OCH3 is 3. The molecule has 0 saturated carbocycles. The summed E-state index contributed by atoms with van der Waals surface area (Å²) in [5.74, 6) is -1.51. The molecule has 0 aromatic heterocycles. The van der Waals surface area contributed by atoms with Gasteiger partial charge < -0.3 is 14.2 Å². The van der Waals surface area contributed by atoms with Gasteiger partial charge in [-0.1, -0.05) is 18.2 Å². The second-order valence-electron chi connectivity index (χ2n) is 3.92. The molecule has 0 saturated heterocycles. The van der Waals surface area contributed by atoms with Gasteiger partial charge in [-0.2, -0.15) is 5.26 Å². The maximum Gasteiger partial charge on any atom is 0.341 e.